The Morgan fingerprint density at radius 2 is 1.92 bits per heavy atom. The predicted molar refractivity (Wildman–Crippen MR) is 103 cm³/mol. The lowest BCUT2D eigenvalue weighted by Gasteiger charge is -2.37. The Bertz CT molecular complexity index is 510. The van der Waals surface area contributed by atoms with Crippen LogP contribution in [0.4, 0.5) is 0 Å². The van der Waals surface area contributed by atoms with Crippen LogP contribution in [0, 0.1) is 5.41 Å². The SMILES string of the molecule is CCC(C)Oc1ccc(C(=O)NCC2(COC)CCNCC2)cc1.Cl. The minimum atomic E-state index is -0.0425. The molecule has 1 aromatic carbocycles. The number of ether oxygens (including phenoxy) is 2. The second-order valence-corrected chi connectivity index (χ2v) is 6.73. The molecule has 1 aliphatic rings. The molecule has 5 nitrogen and oxygen atoms in total. The Hall–Kier alpha value is -1.30. The van der Waals surface area contributed by atoms with E-state index < -0.39 is 0 Å². The number of amides is 1. The van der Waals surface area contributed by atoms with Crippen molar-refractivity contribution in [2.45, 2.75) is 39.2 Å². The number of hydrogen-bond acceptors (Lipinski definition) is 4. The van der Waals surface area contributed by atoms with Crippen molar-refractivity contribution in [1.29, 1.82) is 0 Å². The molecule has 25 heavy (non-hydrogen) atoms. The molecule has 2 N–H and O–H groups in total. The molecule has 2 rings (SSSR count). The number of piperidine rings is 1. The zero-order chi connectivity index (χ0) is 17.4. The van der Waals surface area contributed by atoms with E-state index in [0.717, 1.165) is 38.1 Å². The van der Waals surface area contributed by atoms with Gasteiger partial charge in [0.15, 0.2) is 0 Å². The van der Waals surface area contributed by atoms with Gasteiger partial charge in [-0.2, -0.15) is 0 Å². The van der Waals surface area contributed by atoms with Crippen LogP contribution in [0.1, 0.15) is 43.5 Å². The second-order valence-electron chi connectivity index (χ2n) is 6.73. The molecule has 0 aliphatic carbocycles. The topological polar surface area (TPSA) is 59.6 Å². The van der Waals surface area contributed by atoms with E-state index >= 15 is 0 Å². The molecule has 6 heteroatoms. The first kappa shape index (κ1) is 21.7. The van der Waals surface area contributed by atoms with Gasteiger partial charge in [0.05, 0.1) is 12.7 Å². The van der Waals surface area contributed by atoms with E-state index in [0.29, 0.717) is 18.7 Å². The van der Waals surface area contributed by atoms with E-state index in [1.807, 2.05) is 31.2 Å². The fourth-order valence-electron chi connectivity index (χ4n) is 3.01. The summed E-state index contributed by atoms with van der Waals surface area (Å²) >= 11 is 0. The van der Waals surface area contributed by atoms with Gasteiger partial charge >= 0.3 is 0 Å². The molecular formula is C19H31ClN2O3. The number of methoxy groups -OCH3 is 1. The highest BCUT2D eigenvalue weighted by molar-refractivity contribution is 5.94. The lowest BCUT2D eigenvalue weighted by molar-refractivity contribution is 0.0512. The molecule has 142 valence electrons. The van der Waals surface area contributed by atoms with Crippen molar-refractivity contribution in [2.24, 2.45) is 5.41 Å². The second kappa shape index (κ2) is 10.6. The molecule has 1 unspecified atom stereocenters. The van der Waals surface area contributed by atoms with Gasteiger partial charge in [0.25, 0.3) is 5.91 Å². The van der Waals surface area contributed by atoms with Crippen molar-refractivity contribution >= 4 is 18.3 Å². The minimum absolute atomic E-state index is 0. The van der Waals surface area contributed by atoms with E-state index in [1.165, 1.54) is 0 Å². The maximum Gasteiger partial charge on any atom is 0.251 e. The molecular weight excluding hydrogens is 340 g/mol. The number of halogens is 1. The van der Waals surface area contributed by atoms with Gasteiger partial charge in [0.2, 0.25) is 0 Å². The summed E-state index contributed by atoms with van der Waals surface area (Å²) in [5.74, 6) is 0.759. The van der Waals surface area contributed by atoms with Crippen LogP contribution in [0.15, 0.2) is 24.3 Å². The first-order valence-electron chi connectivity index (χ1n) is 8.83. The highest BCUT2D eigenvalue weighted by Gasteiger charge is 2.32. The van der Waals surface area contributed by atoms with Crippen molar-refractivity contribution in [3.8, 4) is 5.75 Å². The third kappa shape index (κ3) is 6.49. The zero-order valence-electron chi connectivity index (χ0n) is 15.5. The Morgan fingerprint density at radius 3 is 2.48 bits per heavy atom. The van der Waals surface area contributed by atoms with Crippen LogP contribution >= 0.6 is 12.4 Å². The number of benzene rings is 1. The first-order chi connectivity index (χ1) is 11.6. The normalized spacial score (nSPS) is 17.2. The van der Waals surface area contributed by atoms with E-state index in [4.69, 9.17) is 9.47 Å². The van der Waals surface area contributed by atoms with Crippen LogP contribution in [0.3, 0.4) is 0 Å². The molecule has 0 saturated carbocycles. The van der Waals surface area contributed by atoms with Crippen LogP contribution in [0.25, 0.3) is 0 Å². The fraction of sp³-hybridized carbons (Fsp3) is 0.632. The van der Waals surface area contributed by atoms with Crippen LogP contribution in [-0.4, -0.2) is 45.4 Å². The van der Waals surface area contributed by atoms with Crippen LogP contribution in [0.5, 0.6) is 5.75 Å². The van der Waals surface area contributed by atoms with Gasteiger partial charge in [0, 0.05) is 24.6 Å². The predicted octanol–water partition coefficient (Wildman–Crippen LogP) is 3.03. The summed E-state index contributed by atoms with van der Waals surface area (Å²) in [6, 6.07) is 7.35. The van der Waals surface area contributed by atoms with Crippen LogP contribution in [-0.2, 0) is 4.74 Å². The van der Waals surface area contributed by atoms with E-state index in [1.54, 1.807) is 7.11 Å². The van der Waals surface area contributed by atoms with Crippen molar-refractivity contribution in [2.75, 3.05) is 33.4 Å². The Morgan fingerprint density at radius 1 is 1.28 bits per heavy atom. The van der Waals surface area contributed by atoms with Gasteiger partial charge in [-0.05, 0) is 63.5 Å². The fourth-order valence-corrected chi connectivity index (χ4v) is 3.01. The van der Waals surface area contributed by atoms with Gasteiger partial charge in [-0.1, -0.05) is 6.92 Å². The maximum atomic E-state index is 12.4. The lowest BCUT2D eigenvalue weighted by atomic mass is 9.79. The third-order valence-electron chi connectivity index (χ3n) is 4.77. The zero-order valence-corrected chi connectivity index (χ0v) is 16.3. The summed E-state index contributed by atoms with van der Waals surface area (Å²) in [5.41, 5.74) is 0.697. The Balaban J connectivity index is 0.00000312. The Labute approximate surface area is 157 Å². The number of hydrogen-bond donors (Lipinski definition) is 2. The number of nitrogens with one attached hydrogen (secondary N) is 2. The quantitative estimate of drug-likeness (QED) is 0.738. The molecule has 1 fully saturated rings. The summed E-state index contributed by atoms with van der Waals surface area (Å²) < 4.78 is 11.1. The number of carbonyl (C=O) groups excluding carboxylic acids is 1. The lowest BCUT2D eigenvalue weighted by Crippen LogP contribution is -2.47. The van der Waals surface area contributed by atoms with Gasteiger partial charge in [0.1, 0.15) is 5.75 Å². The minimum Gasteiger partial charge on any atom is -0.491 e. The molecule has 0 aromatic heterocycles. The summed E-state index contributed by atoms with van der Waals surface area (Å²) in [7, 11) is 1.72. The molecule has 0 bridgehead atoms. The van der Waals surface area contributed by atoms with Crippen molar-refractivity contribution in [1.82, 2.24) is 10.6 Å². The van der Waals surface area contributed by atoms with Crippen molar-refractivity contribution in [3.05, 3.63) is 29.8 Å². The number of carbonyl (C=O) groups is 1. The van der Waals surface area contributed by atoms with Gasteiger partial charge < -0.3 is 20.1 Å². The van der Waals surface area contributed by atoms with Crippen molar-refractivity contribution in [3.63, 3.8) is 0 Å². The standard InChI is InChI=1S/C19H30N2O3.ClH/c1-4-15(2)24-17-7-5-16(6-8-17)18(22)21-13-19(14-23-3)9-11-20-12-10-19;/h5-8,15,20H,4,9-14H2,1-3H3,(H,21,22);1H. The van der Waals surface area contributed by atoms with Gasteiger partial charge in [-0.3, -0.25) is 4.79 Å². The number of rotatable bonds is 8. The van der Waals surface area contributed by atoms with E-state index in [9.17, 15) is 4.79 Å². The molecule has 0 radical (unpaired) electrons. The summed E-state index contributed by atoms with van der Waals surface area (Å²) in [5, 5.41) is 6.44. The summed E-state index contributed by atoms with van der Waals surface area (Å²) in [4.78, 5) is 12.4. The highest BCUT2D eigenvalue weighted by atomic mass is 35.5. The van der Waals surface area contributed by atoms with Gasteiger partial charge in [-0.25, -0.2) is 0 Å². The molecule has 1 aromatic rings. The van der Waals surface area contributed by atoms with Crippen LogP contribution < -0.4 is 15.4 Å². The smallest absolute Gasteiger partial charge is 0.251 e. The van der Waals surface area contributed by atoms with Crippen LogP contribution in [0.2, 0.25) is 0 Å². The largest absolute Gasteiger partial charge is 0.491 e. The first-order valence-corrected chi connectivity index (χ1v) is 8.83. The van der Waals surface area contributed by atoms with E-state index in [2.05, 4.69) is 17.6 Å². The summed E-state index contributed by atoms with van der Waals surface area (Å²) in [6.45, 7) is 7.39. The molecule has 1 heterocycles. The molecule has 1 atom stereocenters. The summed E-state index contributed by atoms with van der Waals surface area (Å²) in [6.07, 6.45) is 3.17. The van der Waals surface area contributed by atoms with E-state index in [-0.39, 0.29) is 29.8 Å². The molecule has 1 aliphatic heterocycles. The monoisotopic (exact) mass is 370 g/mol. The average molecular weight is 371 g/mol. The maximum absolute atomic E-state index is 12.4. The van der Waals surface area contributed by atoms with Crippen molar-refractivity contribution < 1.29 is 14.3 Å². The molecule has 0 spiro atoms. The van der Waals surface area contributed by atoms with Gasteiger partial charge in [-0.15, -0.1) is 12.4 Å². The third-order valence-corrected chi connectivity index (χ3v) is 4.77. The molecule has 1 amide bonds. The average Bonchev–Trinajstić information content (AvgIpc) is 2.61. The highest BCUT2D eigenvalue weighted by Crippen LogP contribution is 2.28. The Kier molecular flexibility index (Phi) is 9.25. The molecule has 1 saturated heterocycles.